The van der Waals surface area contributed by atoms with E-state index < -0.39 is 0 Å². The van der Waals surface area contributed by atoms with Crippen LogP contribution in [-0.4, -0.2) is 90.3 Å². The normalized spacial score (nSPS) is 20.3. The second-order valence-corrected chi connectivity index (χ2v) is 7.24. The Morgan fingerprint density at radius 1 is 1.15 bits per heavy atom. The lowest BCUT2D eigenvalue weighted by molar-refractivity contribution is 0.0203. The van der Waals surface area contributed by atoms with Crippen molar-refractivity contribution in [3.63, 3.8) is 0 Å². The van der Waals surface area contributed by atoms with Crippen LogP contribution < -0.4 is 10.6 Å². The lowest BCUT2D eigenvalue weighted by atomic mass is 10.0. The van der Waals surface area contributed by atoms with Gasteiger partial charge in [-0.2, -0.15) is 0 Å². The SMILES string of the molecule is CN=C(NCCCOCC1CCOCC1)NC1CCN(CCOC)CC1.I. The maximum absolute atomic E-state index is 5.81. The van der Waals surface area contributed by atoms with Crippen LogP contribution in [0.1, 0.15) is 32.1 Å². The van der Waals surface area contributed by atoms with Crippen LogP contribution in [0.15, 0.2) is 4.99 Å². The summed E-state index contributed by atoms with van der Waals surface area (Å²) in [5, 5.41) is 6.96. The van der Waals surface area contributed by atoms with Gasteiger partial charge in [0.2, 0.25) is 0 Å². The summed E-state index contributed by atoms with van der Waals surface area (Å²) in [6, 6.07) is 0.504. The van der Waals surface area contributed by atoms with Crippen LogP contribution in [-0.2, 0) is 14.2 Å². The predicted molar refractivity (Wildman–Crippen MR) is 120 cm³/mol. The third-order valence-corrected chi connectivity index (χ3v) is 5.22. The van der Waals surface area contributed by atoms with Crippen molar-refractivity contribution in [2.24, 2.45) is 10.9 Å². The van der Waals surface area contributed by atoms with E-state index in [9.17, 15) is 0 Å². The molecule has 0 saturated carbocycles. The van der Waals surface area contributed by atoms with Crippen LogP contribution in [0.3, 0.4) is 0 Å². The summed E-state index contributed by atoms with van der Waals surface area (Å²) < 4.78 is 16.3. The third kappa shape index (κ3) is 10.8. The van der Waals surface area contributed by atoms with Crippen LogP contribution in [0.2, 0.25) is 0 Å². The highest BCUT2D eigenvalue weighted by Crippen LogP contribution is 2.14. The van der Waals surface area contributed by atoms with Crippen molar-refractivity contribution in [2.75, 3.05) is 73.4 Å². The molecule has 160 valence electrons. The fourth-order valence-electron chi connectivity index (χ4n) is 3.45. The average Bonchev–Trinajstić information content (AvgIpc) is 2.69. The summed E-state index contributed by atoms with van der Waals surface area (Å²) in [7, 11) is 3.60. The highest BCUT2D eigenvalue weighted by Gasteiger charge is 2.19. The van der Waals surface area contributed by atoms with Gasteiger partial charge in [0.05, 0.1) is 6.61 Å². The number of nitrogens with one attached hydrogen (secondary N) is 2. The zero-order valence-electron chi connectivity index (χ0n) is 17.1. The van der Waals surface area contributed by atoms with Crippen molar-refractivity contribution in [3.8, 4) is 0 Å². The van der Waals surface area contributed by atoms with E-state index in [1.54, 1.807) is 7.11 Å². The molecule has 2 fully saturated rings. The van der Waals surface area contributed by atoms with Gasteiger partial charge in [0.15, 0.2) is 5.96 Å². The van der Waals surface area contributed by atoms with Gasteiger partial charge in [-0.05, 0) is 38.0 Å². The molecule has 7 nitrogen and oxygen atoms in total. The number of halogens is 1. The molecule has 2 aliphatic heterocycles. The maximum Gasteiger partial charge on any atom is 0.191 e. The molecule has 0 spiro atoms. The number of aliphatic imine (C=N–C) groups is 1. The van der Waals surface area contributed by atoms with E-state index in [4.69, 9.17) is 14.2 Å². The summed E-state index contributed by atoms with van der Waals surface area (Å²) in [4.78, 5) is 6.81. The fourth-order valence-corrected chi connectivity index (χ4v) is 3.45. The molecule has 2 heterocycles. The number of hydrogen-bond donors (Lipinski definition) is 2. The van der Waals surface area contributed by atoms with E-state index >= 15 is 0 Å². The first-order chi connectivity index (χ1) is 12.8. The fraction of sp³-hybridized carbons (Fsp3) is 0.947. The summed E-state index contributed by atoms with van der Waals surface area (Å²) in [6.07, 6.45) is 5.58. The molecule has 0 amide bonds. The number of nitrogens with zero attached hydrogens (tertiary/aromatic N) is 2. The Hall–Kier alpha value is -0.160. The molecule has 0 unspecified atom stereocenters. The Balaban J connectivity index is 0.00000364. The van der Waals surface area contributed by atoms with Crippen LogP contribution in [0, 0.1) is 5.92 Å². The smallest absolute Gasteiger partial charge is 0.191 e. The topological polar surface area (TPSA) is 67.4 Å². The number of rotatable bonds is 10. The first-order valence-corrected chi connectivity index (χ1v) is 10.2. The number of methoxy groups -OCH3 is 1. The van der Waals surface area contributed by atoms with Gasteiger partial charge in [-0.3, -0.25) is 4.99 Å². The monoisotopic (exact) mass is 498 g/mol. The summed E-state index contributed by atoms with van der Waals surface area (Å²) in [5.41, 5.74) is 0. The van der Waals surface area contributed by atoms with Gasteiger partial charge in [-0.1, -0.05) is 0 Å². The molecule has 2 aliphatic rings. The van der Waals surface area contributed by atoms with Crippen LogP contribution >= 0.6 is 24.0 Å². The minimum absolute atomic E-state index is 0. The zero-order chi connectivity index (χ0) is 18.5. The van der Waals surface area contributed by atoms with Crippen LogP contribution in [0.5, 0.6) is 0 Å². The summed E-state index contributed by atoms with van der Waals surface area (Å²) >= 11 is 0. The average molecular weight is 498 g/mol. The highest BCUT2D eigenvalue weighted by atomic mass is 127. The van der Waals surface area contributed by atoms with Gasteiger partial charge in [-0.15, -0.1) is 24.0 Å². The molecule has 0 aromatic carbocycles. The number of hydrogen-bond acceptors (Lipinski definition) is 5. The number of guanidine groups is 1. The van der Waals surface area contributed by atoms with E-state index in [-0.39, 0.29) is 24.0 Å². The highest BCUT2D eigenvalue weighted by molar-refractivity contribution is 14.0. The van der Waals surface area contributed by atoms with E-state index in [1.807, 2.05) is 7.05 Å². The Labute approximate surface area is 182 Å². The lowest BCUT2D eigenvalue weighted by Crippen LogP contribution is -2.49. The van der Waals surface area contributed by atoms with Crippen molar-refractivity contribution in [1.82, 2.24) is 15.5 Å². The second-order valence-electron chi connectivity index (χ2n) is 7.24. The molecule has 0 aliphatic carbocycles. The minimum Gasteiger partial charge on any atom is -0.383 e. The first-order valence-electron chi connectivity index (χ1n) is 10.2. The minimum atomic E-state index is 0. The van der Waals surface area contributed by atoms with Crippen molar-refractivity contribution in [2.45, 2.75) is 38.1 Å². The molecule has 2 saturated heterocycles. The molecular weight excluding hydrogens is 459 g/mol. The first kappa shape index (κ1) is 24.9. The zero-order valence-corrected chi connectivity index (χ0v) is 19.4. The predicted octanol–water partition coefficient (Wildman–Crippen LogP) is 1.71. The molecule has 2 N–H and O–H groups in total. The van der Waals surface area contributed by atoms with E-state index in [2.05, 4.69) is 20.5 Å². The van der Waals surface area contributed by atoms with Gasteiger partial charge < -0.3 is 29.7 Å². The van der Waals surface area contributed by atoms with Crippen molar-refractivity contribution < 1.29 is 14.2 Å². The maximum atomic E-state index is 5.81. The molecule has 8 heteroatoms. The Morgan fingerprint density at radius 2 is 1.89 bits per heavy atom. The van der Waals surface area contributed by atoms with Gasteiger partial charge in [0.1, 0.15) is 0 Å². The molecule has 0 radical (unpaired) electrons. The van der Waals surface area contributed by atoms with Gasteiger partial charge in [-0.25, -0.2) is 0 Å². The Bertz CT molecular complexity index is 387. The molecule has 2 rings (SSSR count). The van der Waals surface area contributed by atoms with Crippen LogP contribution in [0.4, 0.5) is 0 Å². The Morgan fingerprint density at radius 3 is 2.56 bits per heavy atom. The molecule has 0 bridgehead atoms. The number of piperidine rings is 1. The quantitative estimate of drug-likeness (QED) is 0.207. The molecule has 0 aromatic rings. The van der Waals surface area contributed by atoms with Crippen LogP contribution in [0.25, 0.3) is 0 Å². The van der Waals surface area contributed by atoms with E-state index in [1.165, 1.54) is 0 Å². The van der Waals surface area contributed by atoms with Crippen molar-refractivity contribution in [3.05, 3.63) is 0 Å². The second kappa shape index (κ2) is 15.7. The lowest BCUT2D eigenvalue weighted by Gasteiger charge is -2.32. The molecule has 0 atom stereocenters. The Kier molecular flexibility index (Phi) is 14.5. The van der Waals surface area contributed by atoms with Crippen molar-refractivity contribution >= 4 is 29.9 Å². The molecular formula is C19H39IN4O3. The summed E-state index contributed by atoms with van der Waals surface area (Å²) in [5.74, 6) is 1.59. The largest absolute Gasteiger partial charge is 0.383 e. The standard InChI is InChI=1S/C19H38N4O3.HI/c1-20-19(22-18-4-9-23(10-5-18)11-15-24-2)21-8-3-12-26-16-17-6-13-25-14-7-17;/h17-18H,3-16H2,1-2H3,(H2,20,21,22);1H. The number of ether oxygens (including phenoxy) is 3. The van der Waals surface area contributed by atoms with Gasteiger partial charge in [0.25, 0.3) is 0 Å². The molecule has 27 heavy (non-hydrogen) atoms. The third-order valence-electron chi connectivity index (χ3n) is 5.22. The van der Waals surface area contributed by atoms with Gasteiger partial charge in [0, 0.05) is 72.8 Å². The van der Waals surface area contributed by atoms with Crippen molar-refractivity contribution in [1.29, 1.82) is 0 Å². The van der Waals surface area contributed by atoms with E-state index in [0.717, 1.165) is 97.3 Å². The molecule has 0 aromatic heterocycles. The van der Waals surface area contributed by atoms with Gasteiger partial charge >= 0.3 is 0 Å². The number of likely N-dealkylation sites (tertiary alicyclic amines) is 1. The summed E-state index contributed by atoms with van der Waals surface area (Å²) in [6.45, 7) is 8.45. The van der Waals surface area contributed by atoms with E-state index in [0.29, 0.717) is 12.0 Å².